The van der Waals surface area contributed by atoms with Crippen molar-refractivity contribution in [3.05, 3.63) is 70.9 Å². The zero-order chi connectivity index (χ0) is 23.6. The monoisotopic (exact) mass is 445 g/mol. The summed E-state index contributed by atoms with van der Waals surface area (Å²) in [5.41, 5.74) is 10.5. The number of nitrogens with two attached hydrogens (primary N) is 1. The average Bonchev–Trinajstić information content (AvgIpc) is 3.17. The summed E-state index contributed by atoms with van der Waals surface area (Å²) in [5, 5.41) is 20.8. The number of anilines is 1. The average molecular weight is 446 g/mol. The molecule has 0 atom stereocenters. The van der Waals surface area contributed by atoms with Gasteiger partial charge in [-0.3, -0.25) is 4.99 Å². The molecule has 1 aromatic heterocycles. The first-order valence-corrected chi connectivity index (χ1v) is 11.0. The molecule has 2 aromatic carbocycles. The molecule has 0 aliphatic rings. The molecule has 0 aliphatic carbocycles. The molecule has 0 radical (unpaired) electrons. The number of nitrogens with one attached hydrogen (secondary N) is 2. The van der Waals surface area contributed by atoms with E-state index in [1.165, 1.54) is 5.56 Å². The van der Waals surface area contributed by atoms with Gasteiger partial charge in [-0.15, -0.1) is 0 Å². The molecule has 3 rings (SSSR count). The summed E-state index contributed by atoms with van der Waals surface area (Å²) in [6.07, 6.45) is 2.29. The van der Waals surface area contributed by atoms with Crippen LogP contribution in [-0.2, 0) is 12.8 Å². The van der Waals surface area contributed by atoms with Gasteiger partial charge >= 0.3 is 0 Å². The van der Waals surface area contributed by atoms with Crippen LogP contribution in [0.1, 0.15) is 28.8 Å². The van der Waals surface area contributed by atoms with E-state index in [1.54, 1.807) is 18.8 Å². The summed E-state index contributed by atoms with van der Waals surface area (Å²) in [7, 11) is 3.44. The Hall–Kier alpha value is -3.99. The number of hydrogen-bond acceptors (Lipinski definition) is 5. The van der Waals surface area contributed by atoms with E-state index < -0.39 is 0 Å². The lowest BCUT2D eigenvalue weighted by atomic mass is 10.1. The number of nitriles is 1. The quantitative estimate of drug-likeness (QED) is 0.265. The standard InChI is InChI=1S/C25H31N7O/c1-18-11-12-19(16-23(18)33-3)13-15-30-25(28-2)29-14-7-10-22-21(17-26)24(27)32(31-22)20-8-5-4-6-9-20/h4-6,8-9,11-12,16H,7,10,13-15,27H2,1-3H3,(H2,28,29,30). The van der Waals surface area contributed by atoms with Crippen molar-refractivity contribution in [1.82, 2.24) is 20.4 Å². The lowest BCUT2D eigenvalue weighted by Crippen LogP contribution is -2.38. The Morgan fingerprint density at radius 2 is 1.91 bits per heavy atom. The Morgan fingerprint density at radius 3 is 2.61 bits per heavy atom. The number of ether oxygens (including phenoxy) is 1. The highest BCUT2D eigenvalue weighted by Gasteiger charge is 2.16. The van der Waals surface area contributed by atoms with Crippen molar-refractivity contribution in [3.63, 3.8) is 0 Å². The van der Waals surface area contributed by atoms with Gasteiger partial charge in [0.1, 0.15) is 23.2 Å². The fourth-order valence-corrected chi connectivity index (χ4v) is 3.57. The fraction of sp³-hybridized carbons (Fsp3) is 0.320. The normalized spacial score (nSPS) is 11.2. The predicted octanol–water partition coefficient (Wildman–Crippen LogP) is 2.98. The van der Waals surface area contributed by atoms with Gasteiger partial charge in [0, 0.05) is 20.1 Å². The van der Waals surface area contributed by atoms with E-state index in [4.69, 9.17) is 10.5 Å². The third-order valence-corrected chi connectivity index (χ3v) is 5.39. The minimum atomic E-state index is 0.372. The number of para-hydroxylation sites is 1. The molecule has 8 heteroatoms. The van der Waals surface area contributed by atoms with E-state index >= 15 is 0 Å². The number of guanidine groups is 1. The molecule has 0 saturated carbocycles. The Kier molecular flexibility index (Phi) is 8.30. The minimum absolute atomic E-state index is 0.372. The molecule has 0 amide bonds. The molecular formula is C25H31N7O. The van der Waals surface area contributed by atoms with E-state index in [2.05, 4.69) is 45.0 Å². The van der Waals surface area contributed by atoms with Crippen LogP contribution >= 0.6 is 0 Å². The molecule has 3 aromatic rings. The maximum Gasteiger partial charge on any atom is 0.190 e. The minimum Gasteiger partial charge on any atom is -0.496 e. The second-order valence-electron chi connectivity index (χ2n) is 7.65. The molecule has 0 saturated heterocycles. The van der Waals surface area contributed by atoms with Gasteiger partial charge in [-0.1, -0.05) is 30.3 Å². The lowest BCUT2D eigenvalue weighted by molar-refractivity contribution is 0.411. The van der Waals surface area contributed by atoms with E-state index in [1.807, 2.05) is 37.3 Å². The van der Waals surface area contributed by atoms with Crippen molar-refractivity contribution >= 4 is 11.8 Å². The van der Waals surface area contributed by atoms with E-state index in [9.17, 15) is 5.26 Å². The van der Waals surface area contributed by atoms with Crippen molar-refractivity contribution in [2.45, 2.75) is 26.2 Å². The molecular weight excluding hydrogens is 414 g/mol. The maximum atomic E-state index is 9.55. The second-order valence-corrected chi connectivity index (χ2v) is 7.65. The molecule has 33 heavy (non-hydrogen) atoms. The summed E-state index contributed by atoms with van der Waals surface area (Å²) in [6.45, 7) is 3.48. The molecule has 0 bridgehead atoms. The fourth-order valence-electron chi connectivity index (χ4n) is 3.57. The summed E-state index contributed by atoms with van der Waals surface area (Å²) in [6, 6.07) is 18.0. The van der Waals surface area contributed by atoms with Gasteiger partial charge in [-0.2, -0.15) is 10.4 Å². The number of aromatic nitrogens is 2. The van der Waals surface area contributed by atoms with E-state index in [-0.39, 0.29) is 0 Å². The van der Waals surface area contributed by atoms with Crippen molar-refractivity contribution in [1.29, 1.82) is 5.26 Å². The molecule has 172 valence electrons. The highest BCUT2D eigenvalue weighted by Crippen LogP contribution is 2.21. The van der Waals surface area contributed by atoms with Crippen molar-refractivity contribution in [3.8, 4) is 17.5 Å². The zero-order valence-corrected chi connectivity index (χ0v) is 19.4. The summed E-state index contributed by atoms with van der Waals surface area (Å²) >= 11 is 0. The molecule has 8 nitrogen and oxygen atoms in total. The first-order valence-electron chi connectivity index (χ1n) is 11.0. The van der Waals surface area contributed by atoms with Crippen LogP contribution in [0.5, 0.6) is 5.75 Å². The van der Waals surface area contributed by atoms with Crippen LogP contribution in [-0.4, -0.2) is 43.0 Å². The van der Waals surface area contributed by atoms with Crippen molar-refractivity contribution < 1.29 is 4.74 Å². The van der Waals surface area contributed by atoms with Crippen LogP contribution in [0.2, 0.25) is 0 Å². The third-order valence-electron chi connectivity index (χ3n) is 5.39. The van der Waals surface area contributed by atoms with E-state index in [0.29, 0.717) is 30.0 Å². The van der Waals surface area contributed by atoms with Gasteiger partial charge in [-0.05, 0) is 55.5 Å². The number of nitrogen functional groups attached to an aromatic ring is 1. The van der Waals surface area contributed by atoms with Crippen LogP contribution < -0.4 is 21.1 Å². The second kappa shape index (κ2) is 11.6. The zero-order valence-electron chi connectivity index (χ0n) is 19.4. The predicted molar refractivity (Wildman–Crippen MR) is 132 cm³/mol. The van der Waals surface area contributed by atoms with Gasteiger partial charge < -0.3 is 21.1 Å². The number of hydrogen-bond donors (Lipinski definition) is 3. The van der Waals surface area contributed by atoms with Crippen LogP contribution in [0.4, 0.5) is 5.82 Å². The number of aryl methyl sites for hydroxylation is 2. The third kappa shape index (κ3) is 6.04. The number of aliphatic imine (C=N–C) groups is 1. The molecule has 0 aliphatic heterocycles. The van der Waals surface area contributed by atoms with Crippen LogP contribution in [0.15, 0.2) is 53.5 Å². The van der Waals surface area contributed by atoms with Crippen LogP contribution in [0, 0.1) is 18.3 Å². The maximum absolute atomic E-state index is 9.55. The topological polar surface area (TPSA) is 113 Å². The summed E-state index contributed by atoms with van der Waals surface area (Å²) in [4.78, 5) is 4.28. The molecule has 0 spiro atoms. The summed E-state index contributed by atoms with van der Waals surface area (Å²) in [5.74, 6) is 2.02. The first kappa shape index (κ1) is 23.7. The van der Waals surface area contributed by atoms with Crippen molar-refractivity contribution in [2.24, 2.45) is 4.99 Å². The van der Waals surface area contributed by atoms with Crippen LogP contribution in [0.3, 0.4) is 0 Å². The van der Waals surface area contributed by atoms with Gasteiger partial charge in [0.15, 0.2) is 5.96 Å². The van der Waals surface area contributed by atoms with Gasteiger partial charge in [0.25, 0.3) is 0 Å². The Balaban J connectivity index is 1.48. The number of benzene rings is 2. The van der Waals surface area contributed by atoms with Gasteiger partial charge in [0.2, 0.25) is 0 Å². The first-order chi connectivity index (χ1) is 16.1. The lowest BCUT2D eigenvalue weighted by Gasteiger charge is -2.12. The largest absolute Gasteiger partial charge is 0.496 e. The van der Waals surface area contributed by atoms with Gasteiger partial charge in [0.05, 0.1) is 18.5 Å². The smallest absolute Gasteiger partial charge is 0.190 e. The number of methoxy groups -OCH3 is 1. The van der Waals surface area contributed by atoms with Crippen molar-refractivity contribution in [2.75, 3.05) is 33.0 Å². The SMILES string of the molecule is CN=C(NCCCc1nn(-c2ccccc2)c(N)c1C#N)NCCc1ccc(C)c(OC)c1. The van der Waals surface area contributed by atoms with E-state index in [0.717, 1.165) is 42.3 Å². The van der Waals surface area contributed by atoms with Crippen LogP contribution in [0.25, 0.3) is 5.69 Å². The highest BCUT2D eigenvalue weighted by molar-refractivity contribution is 5.79. The number of nitrogens with zero attached hydrogens (tertiary/aromatic N) is 4. The van der Waals surface area contributed by atoms with Gasteiger partial charge in [-0.25, -0.2) is 4.68 Å². The number of rotatable bonds is 9. The Morgan fingerprint density at radius 1 is 1.15 bits per heavy atom. The summed E-state index contributed by atoms with van der Waals surface area (Å²) < 4.78 is 7.02. The highest BCUT2D eigenvalue weighted by atomic mass is 16.5. The Bertz CT molecular complexity index is 1130. The molecule has 4 N–H and O–H groups in total. The Labute approximate surface area is 195 Å². The molecule has 0 fully saturated rings. The molecule has 1 heterocycles. The molecule has 0 unspecified atom stereocenters.